The van der Waals surface area contributed by atoms with Crippen molar-refractivity contribution in [2.24, 2.45) is 5.92 Å². The molecule has 4 heteroatoms. The lowest BCUT2D eigenvalue weighted by atomic mass is 9.90. The van der Waals surface area contributed by atoms with Crippen molar-refractivity contribution in [2.75, 3.05) is 33.9 Å². The molecule has 0 bridgehead atoms. The molecule has 2 aliphatic rings. The molecule has 1 heterocycles. The average Bonchev–Trinajstić information content (AvgIpc) is 3.31. The van der Waals surface area contributed by atoms with Gasteiger partial charge in [-0.3, -0.25) is 4.90 Å². The monoisotopic (exact) mass is 431 g/mol. The Labute approximate surface area is 191 Å². The van der Waals surface area contributed by atoms with Crippen molar-refractivity contribution >= 4 is 6.08 Å². The summed E-state index contributed by atoms with van der Waals surface area (Å²) < 4.78 is 11.6. The number of aliphatic hydroxyl groups is 1. The van der Waals surface area contributed by atoms with Crippen LogP contribution in [0.2, 0.25) is 0 Å². The number of nitrogens with zero attached hydrogens (tertiary/aromatic N) is 1. The standard InChI is InChI=1S/C28H33NO3/c1-31-27-17-22(18-28(32-2)26(27)19-29-15-7-12-25(29)20-30)14-13-21-8-6-11-24(16-21)23-9-4-3-5-10-23/h3-6,8-11,13-14,16-18,25-27,30H,7,12,15,19-20H2,1-2H3/b14-13+/t25-,26?,27?/m0/s1. The number of aliphatic hydroxyl groups excluding tert-OH is 1. The molecule has 168 valence electrons. The summed E-state index contributed by atoms with van der Waals surface area (Å²) in [4.78, 5) is 2.37. The van der Waals surface area contributed by atoms with Crippen LogP contribution in [0.1, 0.15) is 18.4 Å². The first-order chi connectivity index (χ1) is 15.7. The summed E-state index contributed by atoms with van der Waals surface area (Å²) in [6, 6.07) is 19.2. The second-order valence-corrected chi connectivity index (χ2v) is 8.52. The Balaban J connectivity index is 1.51. The average molecular weight is 432 g/mol. The molecule has 0 saturated carbocycles. The summed E-state index contributed by atoms with van der Waals surface area (Å²) >= 11 is 0. The third-order valence-corrected chi connectivity index (χ3v) is 6.54. The smallest absolute Gasteiger partial charge is 0.103 e. The van der Waals surface area contributed by atoms with E-state index in [1.54, 1.807) is 14.2 Å². The number of methoxy groups -OCH3 is 2. The minimum Gasteiger partial charge on any atom is -0.501 e. The second-order valence-electron chi connectivity index (χ2n) is 8.52. The molecule has 0 amide bonds. The molecule has 4 nitrogen and oxygen atoms in total. The molecule has 1 saturated heterocycles. The van der Waals surface area contributed by atoms with Crippen LogP contribution in [0.5, 0.6) is 0 Å². The molecular formula is C28H33NO3. The lowest BCUT2D eigenvalue weighted by molar-refractivity contribution is 0.0458. The maximum absolute atomic E-state index is 9.68. The Hall–Kier alpha value is -2.66. The van der Waals surface area contributed by atoms with Gasteiger partial charge in [-0.2, -0.15) is 0 Å². The molecule has 2 aromatic rings. The first kappa shape index (κ1) is 22.5. The topological polar surface area (TPSA) is 41.9 Å². The number of ether oxygens (including phenoxy) is 2. The van der Waals surface area contributed by atoms with Crippen molar-refractivity contribution in [1.29, 1.82) is 0 Å². The van der Waals surface area contributed by atoms with Gasteiger partial charge in [-0.1, -0.05) is 60.7 Å². The minimum absolute atomic E-state index is 0.0646. The fourth-order valence-electron chi connectivity index (χ4n) is 4.77. The van der Waals surface area contributed by atoms with Crippen LogP contribution < -0.4 is 0 Å². The van der Waals surface area contributed by atoms with Gasteiger partial charge >= 0.3 is 0 Å². The second kappa shape index (κ2) is 10.8. The Bertz CT molecular complexity index is 979. The predicted octanol–water partition coefficient (Wildman–Crippen LogP) is 4.93. The van der Waals surface area contributed by atoms with Crippen molar-refractivity contribution in [2.45, 2.75) is 25.0 Å². The maximum Gasteiger partial charge on any atom is 0.103 e. The van der Waals surface area contributed by atoms with Crippen LogP contribution >= 0.6 is 0 Å². The number of benzene rings is 2. The fourth-order valence-corrected chi connectivity index (χ4v) is 4.77. The molecule has 2 unspecified atom stereocenters. The van der Waals surface area contributed by atoms with E-state index in [9.17, 15) is 5.11 Å². The third-order valence-electron chi connectivity index (χ3n) is 6.54. The highest BCUT2D eigenvalue weighted by molar-refractivity contribution is 5.68. The van der Waals surface area contributed by atoms with E-state index in [1.807, 2.05) is 6.07 Å². The van der Waals surface area contributed by atoms with E-state index in [1.165, 1.54) is 11.1 Å². The highest BCUT2D eigenvalue weighted by Gasteiger charge is 2.33. The first-order valence-corrected chi connectivity index (χ1v) is 11.4. The van der Waals surface area contributed by atoms with E-state index in [0.717, 1.165) is 42.8 Å². The third kappa shape index (κ3) is 5.21. The Morgan fingerprint density at radius 1 is 1.03 bits per heavy atom. The zero-order valence-electron chi connectivity index (χ0n) is 19.0. The van der Waals surface area contributed by atoms with Crippen molar-refractivity contribution in [1.82, 2.24) is 4.90 Å². The normalized spacial score (nSPS) is 23.9. The van der Waals surface area contributed by atoms with E-state index in [-0.39, 0.29) is 24.7 Å². The van der Waals surface area contributed by atoms with Gasteiger partial charge in [0.25, 0.3) is 0 Å². The number of hydrogen-bond acceptors (Lipinski definition) is 4. The van der Waals surface area contributed by atoms with Crippen molar-refractivity contribution < 1.29 is 14.6 Å². The van der Waals surface area contributed by atoms with Gasteiger partial charge in [-0.25, -0.2) is 0 Å². The fraction of sp³-hybridized carbons (Fsp3) is 0.357. The molecule has 0 spiro atoms. The van der Waals surface area contributed by atoms with Gasteiger partial charge in [-0.05, 0) is 59.9 Å². The van der Waals surface area contributed by atoms with Crippen LogP contribution in [-0.2, 0) is 9.47 Å². The summed E-state index contributed by atoms with van der Waals surface area (Å²) in [6.07, 6.45) is 10.7. The van der Waals surface area contributed by atoms with Crippen molar-refractivity contribution in [3.63, 3.8) is 0 Å². The van der Waals surface area contributed by atoms with E-state index >= 15 is 0 Å². The van der Waals surface area contributed by atoms with Crippen LogP contribution in [0.15, 0.2) is 84.2 Å². The van der Waals surface area contributed by atoms with Crippen molar-refractivity contribution in [3.05, 3.63) is 89.7 Å². The van der Waals surface area contributed by atoms with Crippen LogP contribution in [0, 0.1) is 5.92 Å². The van der Waals surface area contributed by atoms with E-state index in [4.69, 9.17) is 9.47 Å². The van der Waals surface area contributed by atoms with Crippen LogP contribution in [-0.4, -0.2) is 56.1 Å². The molecule has 1 N–H and O–H groups in total. The van der Waals surface area contributed by atoms with Gasteiger partial charge < -0.3 is 14.6 Å². The van der Waals surface area contributed by atoms with Gasteiger partial charge in [-0.15, -0.1) is 0 Å². The Morgan fingerprint density at radius 2 is 1.84 bits per heavy atom. The van der Waals surface area contributed by atoms with E-state index in [2.05, 4.69) is 77.7 Å². The number of likely N-dealkylation sites (tertiary alicyclic amines) is 1. The van der Waals surface area contributed by atoms with Gasteiger partial charge in [0, 0.05) is 19.7 Å². The van der Waals surface area contributed by atoms with Crippen LogP contribution in [0.4, 0.5) is 0 Å². The summed E-state index contributed by atoms with van der Waals surface area (Å²) in [6.45, 7) is 2.06. The summed E-state index contributed by atoms with van der Waals surface area (Å²) in [5, 5.41) is 9.68. The lowest BCUT2D eigenvalue weighted by Crippen LogP contribution is -2.41. The van der Waals surface area contributed by atoms with Gasteiger partial charge in [0.2, 0.25) is 0 Å². The maximum atomic E-state index is 9.68. The Morgan fingerprint density at radius 3 is 2.59 bits per heavy atom. The van der Waals surface area contributed by atoms with Crippen LogP contribution in [0.25, 0.3) is 17.2 Å². The largest absolute Gasteiger partial charge is 0.501 e. The van der Waals surface area contributed by atoms with Gasteiger partial charge in [0.05, 0.1) is 25.7 Å². The molecule has 2 aromatic carbocycles. The zero-order chi connectivity index (χ0) is 22.3. The highest BCUT2D eigenvalue weighted by atomic mass is 16.5. The predicted molar refractivity (Wildman–Crippen MR) is 130 cm³/mol. The zero-order valence-corrected chi connectivity index (χ0v) is 19.0. The SMILES string of the molecule is COC1=CC(/C=C/c2cccc(-c3ccccc3)c2)=CC(OC)C1CN1CCC[C@H]1CO. The first-order valence-electron chi connectivity index (χ1n) is 11.4. The summed E-state index contributed by atoms with van der Waals surface area (Å²) in [5.74, 6) is 1.05. The quantitative estimate of drug-likeness (QED) is 0.644. The van der Waals surface area contributed by atoms with E-state index < -0.39 is 0 Å². The molecule has 1 aliphatic carbocycles. The number of rotatable bonds is 8. The lowest BCUT2D eigenvalue weighted by Gasteiger charge is -2.34. The van der Waals surface area contributed by atoms with Gasteiger partial charge in [0.1, 0.15) is 5.76 Å². The summed E-state index contributed by atoms with van der Waals surface area (Å²) in [7, 11) is 3.49. The molecule has 32 heavy (non-hydrogen) atoms. The Kier molecular flexibility index (Phi) is 7.59. The molecule has 4 rings (SSSR count). The molecule has 0 aromatic heterocycles. The van der Waals surface area contributed by atoms with E-state index in [0.29, 0.717) is 0 Å². The highest BCUT2D eigenvalue weighted by Crippen LogP contribution is 2.31. The summed E-state index contributed by atoms with van der Waals surface area (Å²) in [5.41, 5.74) is 4.65. The molecule has 0 radical (unpaired) electrons. The number of hydrogen-bond donors (Lipinski definition) is 1. The van der Waals surface area contributed by atoms with Gasteiger partial charge in [0.15, 0.2) is 0 Å². The molecular weight excluding hydrogens is 398 g/mol. The number of allylic oxidation sites excluding steroid dienone is 3. The molecule has 1 aliphatic heterocycles. The van der Waals surface area contributed by atoms with Crippen LogP contribution in [0.3, 0.4) is 0 Å². The van der Waals surface area contributed by atoms with Crippen molar-refractivity contribution in [3.8, 4) is 11.1 Å². The molecule has 3 atom stereocenters. The minimum atomic E-state index is -0.0646. The molecule has 1 fully saturated rings.